The molecule has 0 aromatic heterocycles. The minimum absolute atomic E-state index is 0.173. The molecule has 1 atom stereocenters. The van der Waals surface area contributed by atoms with E-state index in [0.717, 1.165) is 22.9 Å². The van der Waals surface area contributed by atoms with E-state index < -0.39 is 17.9 Å². The number of hydrogen-bond acceptors (Lipinski definition) is 6. The van der Waals surface area contributed by atoms with Gasteiger partial charge in [0.05, 0.1) is 19.1 Å². The second kappa shape index (κ2) is 9.11. The average molecular weight is 430 g/mol. The molecule has 8 heteroatoms. The van der Waals surface area contributed by atoms with Crippen LogP contribution in [0.4, 0.5) is 0 Å². The fourth-order valence-electron chi connectivity index (χ4n) is 2.97. The first-order valence-corrected chi connectivity index (χ1v) is 9.93. The van der Waals surface area contributed by atoms with E-state index in [-0.39, 0.29) is 10.7 Å². The molecule has 3 rings (SSSR count). The number of nitrogens with zero attached hydrogens (tertiary/aromatic N) is 1. The van der Waals surface area contributed by atoms with Crippen molar-refractivity contribution in [2.24, 2.45) is 0 Å². The molecular formula is C21H19NO5S2. The molecule has 2 aromatic carbocycles. The third-order valence-electron chi connectivity index (χ3n) is 4.40. The fraction of sp³-hybridized carbons (Fsp3) is 0.190. The first kappa shape index (κ1) is 20.9. The molecule has 150 valence electrons. The van der Waals surface area contributed by atoms with Crippen LogP contribution in [0.1, 0.15) is 11.1 Å². The van der Waals surface area contributed by atoms with Crippen LogP contribution < -0.4 is 9.47 Å². The first-order valence-electron chi connectivity index (χ1n) is 8.70. The number of aliphatic carboxylic acids is 1. The van der Waals surface area contributed by atoms with E-state index in [0.29, 0.717) is 16.4 Å². The molecule has 0 bridgehead atoms. The Hall–Kier alpha value is -2.84. The van der Waals surface area contributed by atoms with Crippen molar-refractivity contribution in [3.63, 3.8) is 0 Å². The summed E-state index contributed by atoms with van der Waals surface area (Å²) in [5.74, 6) is -0.411. The van der Waals surface area contributed by atoms with Gasteiger partial charge in [0.15, 0.2) is 11.5 Å². The molecule has 0 spiro atoms. The molecule has 1 fully saturated rings. The van der Waals surface area contributed by atoms with E-state index in [9.17, 15) is 14.7 Å². The Balaban J connectivity index is 1.88. The zero-order valence-corrected chi connectivity index (χ0v) is 17.5. The normalized spacial score (nSPS) is 16.2. The van der Waals surface area contributed by atoms with Crippen LogP contribution in [0.2, 0.25) is 0 Å². The van der Waals surface area contributed by atoms with Crippen molar-refractivity contribution >= 4 is 46.3 Å². The number of carbonyl (C=O) groups is 2. The number of benzene rings is 2. The third kappa shape index (κ3) is 4.60. The van der Waals surface area contributed by atoms with Gasteiger partial charge in [0.2, 0.25) is 0 Å². The summed E-state index contributed by atoms with van der Waals surface area (Å²) in [6.07, 6.45) is 1.84. The van der Waals surface area contributed by atoms with Gasteiger partial charge in [-0.25, -0.2) is 4.79 Å². The summed E-state index contributed by atoms with van der Waals surface area (Å²) >= 11 is 6.42. The van der Waals surface area contributed by atoms with Crippen LogP contribution in [0.15, 0.2) is 53.4 Å². The van der Waals surface area contributed by atoms with Gasteiger partial charge in [-0.05, 0) is 29.3 Å². The molecule has 0 radical (unpaired) electrons. The highest BCUT2D eigenvalue weighted by Crippen LogP contribution is 2.36. The van der Waals surface area contributed by atoms with Gasteiger partial charge in [0, 0.05) is 6.42 Å². The number of amides is 1. The van der Waals surface area contributed by atoms with E-state index in [1.807, 2.05) is 30.3 Å². The van der Waals surface area contributed by atoms with Crippen LogP contribution in [0.3, 0.4) is 0 Å². The van der Waals surface area contributed by atoms with Crippen LogP contribution in [-0.4, -0.2) is 46.5 Å². The van der Waals surface area contributed by atoms with Crippen molar-refractivity contribution in [3.8, 4) is 11.5 Å². The number of carboxylic acid groups (broad SMARTS) is 1. The van der Waals surface area contributed by atoms with Gasteiger partial charge in [0.1, 0.15) is 10.4 Å². The predicted octanol–water partition coefficient (Wildman–Crippen LogP) is 3.60. The van der Waals surface area contributed by atoms with E-state index in [1.165, 1.54) is 12.0 Å². The van der Waals surface area contributed by atoms with Crippen molar-refractivity contribution in [2.75, 3.05) is 14.2 Å². The third-order valence-corrected chi connectivity index (χ3v) is 5.73. The van der Waals surface area contributed by atoms with Crippen LogP contribution >= 0.6 is 24.0 Å². The Bertz CT molecular complexity index is 974. The molecule has 1 aliphatic heterocycles. The molecular weight excluding hydrogens is 410 g/mol. The monoisotopic (exact) mass is 429 g/mol. The largest absolute Gasteiger partial charge is 0.493 e. The van der Waals surface area contributed by atoms with Crippen LogP contribution in [-0.2, 0) is 16.0 Å². The molecule has 1 saturated heterocycles. The quantitative estimate of drug-likeness (QED) is 0.532. The minimum atomic E-state index is -1.10. The maximum atomic E-state index is 13.0. The van der Waals surface area contributed by atoms with Gasteiger partial charge in [0.25, 0.3) is 5.91 Å². The number of thiocarbonyl (C=S) groups is 1. The zero-order valence-electron chi connectivity index (χ0n) is 15.8. The molecule has 1 amide bonds. The minimum Gasteiger partial charge on any atom is -0.493 e. The maximum Gasteiger partial charge on any atom is 0.327 e. The number of ether oxygens (including phenoxy) is 2. The summed E-state index contributed by atoms with van der Waals surface area (Å²) in [6.45, 7) is 0. The molecule has 1 heterocycles. The number of carbonyl (C=O) groups excluding carboxylic acids is 1. The lowest BCUT2D eigenvalue weighted by atomic mass is 10.0. The van der Waals surface area contributed by atoms with Gasteiger partial charge in [-0.1, -0.05) is 60.4 Å². The molecule has 6 nitrogen and oxygen atoms in total. The number of methoxy groups -OCH3 is 2. The van der Waals surface area contributed by atoms with Gasteiger partial charge in [-0.2, -0.15) is 0 Å². The van der Waals surface area contributed by atoms with Crippen LogP contribution in [0, 0.1) is 0 Å². The number of hydrogen-bond donors (Lipinski definition) is 1. The van der Waals surface area contributed by atoms with Crippen LogP contribution in [0.5, 0.6) is 11.5 Å². The Kier molecular flexibility index (Phi) is 6.56. The Morgan fingerprint density at radius 2 is 1.86 bits per heavy atom. The van der Waals surface area contributed by atoms with Gasteiger partial charge in [-0.15, -0.1) is 0 Å². The molecule has 1 aliphatic rings. The topological polar surface area (TPSA) is 76.1 Å². The second-order valence-electron chi connectivity index (χ2n) is 6.21. The lowest BCUT2D eigenvalue weighted by molar-refractivity contribution is -0.145. The Morgan fingerprint density at radius 3 is 2.48 bits per heavy atom. The number of carboxylic acids is 1. The smallest absolute Gasteiger partial charge is 0.327 e. The highest BCUT2D eigenvalue weighted by Gasteiger charge is 2.40. The van der Waals surface area contributed by atoms with E-state index >= 15 is 0 Å². The van der Waals surface area contributed by atoms with Gasteiger partial charge in [-0.3, -0.25) is 9.69 Å². The highest BCUT2D eigenvalue weighted by molar-refractivity contribution is 8.26. The standard InChI is InChI=1S/C21H19NO5S2/c1-26-16-9-8-14(11-17(16)27-2)12-18-19(23)22(21(28)29-18)15(20(24)25)10-13-6-4-3-5-7-13/h3-9,11-12,15H,10H2,1-2H3,(H,24,25)/b18-12+/t15-/m0/s1. The van der Waals surface area contributed by atoms with Crippen molar-refractivity contribution in [1.29, 1.82) is 0 Å². The van der Waals surface area contributed by atoms with E-state index in [1.54, 1.807) is 31.4 Å². The predicted molar refractivity (Wildman–Crippen MR) is 116 cm³/mol. The summed E-state index contributed by atoms with van der Waals surface area (Å²) in [6, 6.07) is 13.4. The molecule has 2 aromatic rings. The second-order valence-corrected chi connectivity index (χ2v) is 7.89. The Labute approximate surface area is 178 Å². The summed E-state index contributed by atoms with van der Waals surface area (Å²) in [5, 5.41) is 9.72. The molecule has 0 saturated carbocycles. The Morgan fingerprint density at radius 1 is 1.17 bits per heavy atom. The van der Waals surface area contributed by atoms with E-state index in [4.69, 9.17) is 21.7 Å². The zero-order chi connectivity index (χ0) is 21.0. The number of thioether (sulfide) groups is 1. The molecule has 1 N–H and O–H groups in total. The van der Waals surface area contributed by atoms with Gasteiger partial charge >= 0.3 is 5.97 Å². The summed E-state index contributed by atoms with van der Waals surface area (Å²) in [5.41, 5.74) is 1.54. The lowest BCUT2D eigenvalue weighted by Crippen LogP contribution is -2.45. The molecule has 0 aliphatic carbocycles. The summed E-state index contributed by atoms with van der Waals surface area (Å²) in [4.78, 5) is 26.4. The van der Waals surface area contributed by atoms with Crippen molar-refractivity contribution in [1.82, 2.24) is 4.90 Å². The fourth-order valence-corrected chi connectivity index (χ4v) is 4.33. The van der Waals surface area contributed by atoms with Crippen molar-refractivity contribution < 1.29 is 24.2 Å². The van der Waals surface area contributed by atoms with E-state index in [2.05, 4.69) is 0 Å². The van der Waals surface area contributed by atoms with Crippen LogP contribution in [0.25, 0.3) is 6.08 Å². The average Bonchev–Trinajstić information content (AvgIpc) is 2.99. The van der Waals surface area contributed by atoms with Crippen molar-refractivity contribution in [3.05, 3.63) is 64.6 Å². The SMILES string of the molecule is COc1ccc(/C=C2/SC(=S)N([C@@H](Cc3ccccc3)C(=O)O)C2=O)cc1OC. The maximum absolute atomic E-state index is 13.0. The molecule has 29 heavy (non-hydrogen) atoms. The highest BCUT2D eigenvalue weighted by atomic mass is 32.2. The lowest BCUT2D eigenvalue weighted by Gasteiger charge is -2.23. The first-order chi connectivity index (χ1) is 13.9. The summed E-state index contributed by atoms with van der Waals surface area (Å²) < 4.78 is 10.7. The van der Waals surface area contributed by atoms with Crippen molar-refractivity contribution in [2.45, 2.75) is 12.5 Å². The van der Waals surface area contributed by atoms with Gasteiger partial charge < -0.3 is 14.6 Å². The number of rotatable bonds is 7. The summed E-state index contributed by atoms with van der Waals surface area (Å²) in [7, 11) is 3.07. The molecule has 0 unspecified atom stereocenters.